The third-order valence-electron chi connectivity index (χ3n) is 4.35. The van der Waals surface area contributed by atoms with Crippen LogP contribution in [0.3, 0.4) is 0 Å². The van der Waals surface area contributed by atoms with E-state index in [1.165, 1.54) is 6.07 Å². The van der Waals surface area contributed by atoms with E-state index in [2.05, 4.69) is 5.32 Å². The number of amides is 1. The van der Waals surface area contributed by atoms with Gasteiger partial charge in [-0.05, 0) is 25.0 Å². The van der Waals surface area contributed by atoms with Gasteiger partial charge in [0.2, 0.25) is 6.10 Å². The van der Waals surface area contributed by atoms with Crippen LogP contribution in [-0.2, 0) is 9.53 Å². The Labute approximate surface area is 154 Å². The van der Waals surface area contributed by atoms with Crippen LogP contribution in [0.4, 0.5) is 0 Å². The number of rotatable bonds is 5. The molecule has 0 spiro atoms. The number of para-hydroxylation sites is 1. The summed E-state index contributed by atoms with van der Waals surface area (Å²) >= 11 is 0. The Balaban J connectivity index is 1.64. The van der Waals surface area contributed by atoms with Gasteiger partial charge in [0.15, 0.2) is 0 Å². The molecular weight excluding hydrogens is 346 g/mol. The largest absolute Gasteiger partial charge is 0.443 e. The Morgan fingerprint density at radius 1 is 1.04 bits per heavy atom. The third-order valence-corrected chi connectivity index (χ3v) is 4.35. The highest BCUT2D eigenvalue weighted by molar-refractivity contribution is 5.95. The molecule has 6 heteroatoms. The molecule has 6 nitrogen and oxygen atoms in total. The molecular formula is C21H17NO5. The SMILES string of the molecule is O=C(O[C@H](C(=O)NC1CC1)c1ccccc1)c1cc2ccccc2oc1=O. The zero-order valence-corrected chi connectivity index (χ0v) is 14.4. The molecule has 4 rings (SSSR count). The lowest BCUT2D eigenvalue weighted by molar-refractivity contribution is -0.130. The lowest BCUT2D eigenvalue weighted by Crippen LogP contribution is -2.34. The molecule has 0 bridgehead atoms. The smallest absolute Gasteiger partial charge is 0.351 e. The van der Waals surface area contributed by atoms with E-state index in [1.807, 2.05) is 0 Å². The van der Waals surface area contributed by atoms with Gasteiger partial charge in [-0.2, -0.15) is 0 Å². The van der Waals surface area contributed by atoms with Gasteiger partial charge in [0.05, 0.1) is 0 Å². The summed E-state index contributed by atoms with van der Waals surface area (Å²) in [5.74, 6) is -1.29. The molecule has 3 aromatic rings. The fourth-order valence-electron chi connectivity index (χ4n) is 2.78. The van der Waals surface area contributed by atoms with Crippen LogP contribution >= 0.6 is 0 Å². The van der Waals surface area contributed by atoms with E-state index >= 15 is 0 Å². The number of hydrogen-bond donors (Lipinski definition) is 1. The second kappa shape index (κ2) is 7.07. The quantitative estimate of drug-likeness (QED) is 0.556. The molecule has 27 heavy (non-hydrogen) atoms. The van der Waals surface area contributed by atoms with Gasteiger partial charge in [-0.15, -0.1) is 0 Å². The number of nitrogens with one attached hydrogen (secondary N) is 1. The molecule has 1 fully saturated rings. The van der Waals surface area contributed by atoms with Gasteiger partial charge in [0.25, 0.3) is 5.91 Å². The van der Waals surface area contributed by atoms with Crippen LogP contribution in [0.15, 0.2) is 69.9 Å². The van der Waals surface area contributed by atoms with Crippen molar-refractivity contribution in [3.63, 3.8) is 0 Å². The number of esters is 1. The summed E-state index contributed by atoms with van der Waals surface area (Å²) in [4.78, 5) is 37.4. The van der Waals surface area contributed by atoms with Crippen molar-refractivity contribution in [3.05, 3.63) is 82.2 Å². The maximum Gasteiger partial charge on any atom is 0.351 e. The van der Waals surface area contributed by atoms with Crippen LogP contribution in [0, 0.1) is 0 Å². The zero-order valence-electron chi connectivity index (χ0n) is 14.4. The van der Waals surface area contributed by atoms with E-state index in [0.717, 1.165) is 12.8 Å². The van der Waals surface area contributed by atoms with Crippen LogP contribution in [0.1, 0.15) is 34.9 Å². The first-order chi connectivity index (χ1) is 13.1. The second-order valence-corrected chi connectivity index (χ2v) is 6.46. The Hall–Kier alpha value is -3.41. The summed E-state index contributed by atoms with van der Waals surface area (Å²) < 4.78 is 10.6. The first-order valence-corrected chi connectivity index (χ1v) is 8.71. The highest BCUT2D eigenvalue weighted by atomic mass is 16.5. The highest BCUT2D eigenvalue weighted by Crippen LogP contribution is 2.24. The van der Waals surface area contributed by atoms with Crippen molar-refractivity contribution in [1.82, 2.24) is 5.32 Å². The summed E-state index contributed by atoms with van der Waals surface area (Å²) in [5, 5.41) is 3.44. The summed E-state index contributed by atoms with van der Waals surface area (Å²) in [5.41, 5.74) is -0.124. The van der Waals surface area contributed by atoms with Crippen LogP contribution in [-0.4, -0.2) is 17.9 Å². The van der Waals surface area contributed by atoms with Crippen molar-refractivity contribution in [2.75, 3.05) is 0 Å². The molecule has 1 heterocycles. The molecule has 0 saturated heterocycles. The van der Waals surface area contributed by atoms with Gasteiger partial charge >= 0.3 is 11.6 Å². The minimum Gasteiger partial charge on any atom is -0.443 e. The predicted octanol–water partition coefficient (Wildman–Crippen LogP) is 2.97. The molecule has 1 amide bonds. The summed E-state index contributed by atoms with van der Waals surface area (Å²) in [7, 11) is 0. The predicted molar refractivity (Wildman–Crippen MR) is 98.2 cm³/mol. The van der Waals surface area contributed by atoms with Gasteiger partial charge in [-0.1, -0.05) is 48.5 Å². The van der Waals surface area contributed by atoms with E-state index in [0.29, 0.717) is 16.5 Å². The lowest BCUT2D eigenvalue weighted by Gasteiger charge is -2.17. The van der Waals surface area contributed by atoms with Crippen LogP contribution in [0.2, 0.25) is 0 Å². The third kappa shape index (κ3) is 3.74. The van der Waals surface area contributed by atoms with Crippen molar-refractivity contribution in [1.29, 1.82) is 0 Å². The Morgan fingerprint density at radius 3 is 2.48 bits per heavy atom. The van der Waals surface area contributed by atoms with Crippen LogP contribution in [0.5, 0.6) is 0 Å². The maximum absolute atomic E-state index is 12.6. The molecule has 136 valence electrons. The molecule has 1 atom stereocenters. The number of hydrogen-bond acceptors (Lipinski definition) is 5. The van der Waals surface area contributed by atoms with Gasteiger partial charge < -0.3 is 14.5 Å². The van der Waals surface area contributed by atoms with Gasteiger partial charge in [-0.3, -0.25) is 4.79 Å². The average molecular weight is 363 g/mol. The molecule has 0 unspecified atom stereocenters. The van der Waals surface area contributed by atoms with E-state index < -0.39 is 23.6 Å². The monoisotopic (exact) mass is 363 g/mol. The van der Waals surface area contributed by atoms with Crippen molar-refractivity contribution >= 4 is 22.8 Å². The average Bonchev–Trinajstić information content (AvgIpc) is 3.50. The first-order valence-electron chi connectivity index (χ1n) is 8.71. The fourth-order valence-corrected chi connectivity index (χ4v) is 2.78. The molecule has 1 saturated carbocycles. The van der Waals surface area contributed by atoms with E-state index in [9.17, 15) is 14.4 Å². The Morgan fingerprint density at radius 2 is 1.74 bits per heavy atom. The van der Waals surface area contributed by atoms with Crippen LogP contribution < -0.4 is 10.9 Å². The minimum absolute atomic E-state index is 0.119. The Bertz CT molecular complexity index is 1050. The Kier molecular flexibility index (Phi) is 4.46. The molecule has 2 aromatic carbocycles. The standard InChI is InChI=1S/C21H17NO5/c23-19(22-15-10-11-15)18(13-6-2-1-3-7-13)27-21(25)16-12-14-8-4-5-9-17(14)26-20(16)24/h1-9,12,15,18H,10-11H2,(H,22,23)/t18-/m0/s1. The summed E-state index contributed by atoms with van der Waals surface area (Å²) in [6, 6.07) is 17.1. The lowest BCUT2D eigenvalue weighted by atomic mass is 10.1. The summed E-state index contributed by atoms with van der Waals surface area (Å²) in [6.45, 7) is 0. The fraction of sp³-hybridized carbons (Fsp3) is 0.190. The van der Waals surface area contributed by atoms with Crippen molar-refractivity contribution < 1.29 is 18.7 Å². The molecule has 0 radical (unpaired) electrons. The molecule has 0 aliphatic heterocycles. The van der Waals surface area contributed by atoms with Crippen molar-refractivity contribution in [2.45, 2.75) is 25.0 Å². The van der Waals surface area contributed by atoms with Crippen molar-refractivity contribution in [3.8, 4) is 0 Å². The molecule has 1 aliphatic carbocycles. The number of benzene rings is 2. The second-order valence-electron chi connectivity index (χ2n) is 6.46. The summed E-state index contributed by atoms with van der Waals surface area (Å²) in [6.07, 6.45) is 0.690. The van der Waals surface area contributed by atoms with E-state index in [1.54, 1.807) is 54.6 Å². The highest BCUT2D eigenvalue weighted by Gasteiger charge is 2.31. The van der Waals surface area contributed by atoms with Gasteiger partial charge in [0, 0.05) is 17.0 Å². The molecule has 1 aromatic heterocycles. The maximum atomic E-state index is 12.6. The molecule has 1 N–H and O–H groups in total. The number of fused-ring (bicyclic) bond motifs is 1. The minimum atomic E-state index is -1.13. The van der Waals surface area contributed by atoms with Gasteiger partial charge in [0.1, 0.15) is 11.1 Å². The molecule has 1 aliphatic rings. The van der Waals surface area contributed by atoms with Gasteiger partial charge in [-0.25, -0.2) is 9.59 Å². The zero-order chi connectivity index (χ0) is 18.8. The number of carbonyl (C=O) groups is 2. The topological polar surface area (TPSA) is 85.6 Å². The van der Waals surface area contributed by atoms with Crippen LogP contribution in [0.25, 0.3) is 11.0 Å². The van der Waals surface area contributed by atoms with Crippen molar-refractivity contribution in [2.24, 2.45) is 0 Å². The first kappa shape index (κ1) is 17.0. The van der Waals surface area contributed by atoms with E-state index in [4.69, 9.17) is 9.15 Å². The number of carbonyl (C=O) groups excluding carboxylic acids is 2. The van der Waals surface area contributed by atoms with E-state index in [-0.39, 0.29) is 11.6 Å². The number of ether oxygens (including phenoxy) is 1. The normalized spacial score (nSPS) is 14.5.